The SMILES string of the molecule is NCC(c1ccccc1Cl)n1ccnc1. The minimum absolute atomic E-state index is 0.0567. The maximum atomic E-state index is 6.13. The zero-order valence-electron chi connectivity index (χ0n) is 8.18. The molecule has 1 heterocycles. The fraction of sp³-hybridized carbons (Fsp3) is 0.182. The molecule has 0 amide bonds. The van der Waals surface area contributed by atoms with Crippen LogP contribution in [-0.4, -0.2) is 16.1 Å². The third kappa shape index (κ3) is 2.03. The molecule has 2 rings (SSSR count). The first-order chi connectivity index (χ1) is 7.33. The van der Waals surface area contributed by atoms with E-state index in [0.29, 0.717) is 6.54 Å². The van der Waals surface area contributed by atoms with Crippen LogP contribution >= 0.6 is 11.6 Å². The molecule has 1 aromatic carbocycles. The Morgan fingerprint density at radius 1 is 1.40 bits per heavy atom. The number of benzene rings is 1. The largest absolute Gasteiger partial charge is 0.329 e. The first-order valence-electron chi connectivity index (χ1n) is 4.75. The number of aromatic nitrogens is 2. The van der Waals surface area contributed by atoms with Crippen LogP contribution in [0, 0.1) is 0 Å². The van der Waals surface area contributed by atoms with Crippen molar-refractivity contribution >= 4 is 11.6 Å². The maximum Gasteiger partial charge on any atom is 0.0952 e. The molecule has 0 radical (unpaired) electrons. The monoisotopic (exact) mass is 221 g/mol. The van der Waals surface area contributed by atoms with Gasteiger partial charge < -0.3 is 10.3 Å². The summed E-state index contributed by atoms with van der Waals surface area (Å²) in [6, 6.07) is 7.78. The summed E-state index contributed by atoms with van der Waals surface area (Å²) >= 11 is 6.13. The summed E-state index contributed by atoms with van der Waals surface area (Å²) in [6.45, 7) is 0.500. The van der Waals surface area contributed by atoms with Crippen LogP contribution in [-0.2, 0) is 0 Å². The van der Waals surface area contributed by atoms with Crippen LogP contribution in [0.5, 0.6) is 0 Å². The number of nitrogens with zero attached hydrogens (tertiary/aromatic N) is 2. The molecule has 0 spiro atoms. The number of hydrogen-bond acceptors (Lipinski definition) is 2. The van der Waals surface area contributed by atoms with E-state index in [-0.39, 0.29) is 6.04 Å². The molecular formula is C11H12ClN3. The Balaban J connectivity index is 2.40. The van der Waals surface area contributed by atoms with Crippen LogP contribution in [0.2, 0.25) is 5.02 Å². The van der Waals surface area contributed by atoms with Gasteiger partial charge in [0.1, 0.15) is 0 Å². The Kier molecular flexibility index (Phi) is 3.04. The molecule has 1 aromatic heterocycles. The quantitative estimate of drug-likeness (QED) is 0.863. The maximum absolute atomic E-state index is 6.13. The molecular weight excluding hydrogens is 210 g/mol. The lowest BCUT2D eigenvalue weighted by Gasteiger charge is -2.17. The van der Waals surface area contributed by atoms with Gasteiger partial charge in [0.25, 0.3) is 0 Å². The van der Waals surface area contributed by atoms with E-state index in [4.69, 9.17) is 17.3 Å². The third-order valence-electron chi connectivity index (χ3n) is 2.37. The fourth-order valence-corrected chi connectivity index (χ4v) is 1.87. The summed E-state index contributed by atoms with van der Waals surface area (Å²) in [7, 11) is 0. The molecule has 1 unspecified atom stereocenters. The molecule has 2 N–H and O–H groups in total. The molecule has 4 heteroatoms. The number of rotatable bonds is 3. The Morgan fingerprint density at radius 3 is 2.80 bits per heavy atom. The van der Waals surface area contributed by atoms with Gasteiger partial charge in [-0.3, -0.25) is 0 Å². The lowest BCUT2D eigenvalue weighted by atomic mass is 10.1. The first-order valence-corrected chi connectivity index (χ1v) is 5.12. The number of imidazole rings is 1. The van der Waals surface area contributed by atoms with Crippen LogP contribution in [0.15, 0.2) is 43.0 Å². The summed E-state index contributed by atoms with van der Waals surface area (Å²) in [4.78, 5) is 4.01. The van der Waals surface area contributed by atoms with E-state index in [1.54, 1.807) is 12.5 Å². The smallest absolute Gasteiger partial charge is 0.0952 e. The number of nitrogens with two attached hydrogens (primary N) is 1. The van der Waals surface area contributed by atoms with E-state index >= 15 is 0 Å². The van der Waals surface area contributed by atoms with E-state index < -0.39 is 0 Å². The average Bonchev–Trinajstić information content (AvgIpc) is 2.75. The zero-order valence-corrected chi connectivity index (χ0v) is 8.93. The predicted molar refractivity (Wildman–Crippen MR) is 60.9 cm³/mol. The van der Waals surface area contributed by atoms with Gasteiger partial charge in [0, 0.05) is 24.0 Å². The Bertz CT molecular complexity index is 425. The minimum Gasteiger partial charge on any atom is -0.329 e. The van der Waals surface area contributed by atoms with Gasteiger partial charge in [0.15, 0.2) is 0 Å². The normalized spacial score (nSPS) is 12.7. The van der Waals surface area contributed by atoms with Crippen molar-refractivity contribution in [2.75, 3.05) is 6.54 Å². The minimum atomic E-state index is 0.0567. The molecule has 0 aliphatic rings. The predicted octanol–water partition coefficient (Wildman–Crippen LogP) is 2.08. The lowest BCUT2D eigenvalue weighted by molar-refractivity contribution is 0.594. The second kappa shape index (κ2) is 4.47. The highest BCUT2D eigenvalue weighted by molar-refractivity contribution is 6.31. The van der Waals surface area contributed by atoms with Gasteiger partial charge in [-0.2, -0.15) is 0 Å². The van der Waals surface area contributed by atoms with Crippen LogP contribution in [0.3, 0.4) is 0 Å². The van der Waals surface area contributed by atoms with Crippen LogP contribution in [0.4, 0.5) is 0 Å². The Morgan fingerprint density at radius 2 is 2.20 bits per heavy atom. The highest BCUT2D eigenvalue weighted by Crippen LogP contribution is 2.24. The van der Waals surface area contributed by atoms with E-state index in [2.05, 4.69) is 4.98 Å². The van der Waals surface area contributed by atoms with Crippen molar-refractivity contribution in [3.05, 3.63) is 53.6 Å². The van der Waals surface area contributed by atoms with Gasteiger partial charge in [-0.25, -0.2) is 4.98 Å². The van der Waals surface area contributed by atoms with Gasteiger partial charge in [-0.15, -0.1) is 0 Å². The summed E-state index contributed by atoms with van der Waals surface area (Å²) in [5.41, 5.74) is 6.79. The first kappa shape index (κ1) is 10.2. The topological polar surface area (TPSA) is 43.8 Å². The summed E-state index contributed by atoms with van der Waals surface area (Å²) in [6.07, 6.45) is 5.38. The average molecular weight is 222 g/mol. The van der Waals surface area contributed by atoms with Crippen molar-refractivity contribution in [3.8, 4) is 0 Å². The second-order valence-electron chi connectivity index (χ2n) is 3.28. The lowest BCUT2D eigenvalue weighted by Crippen LogP contribution is -2.19. The van der Waals surface area contributed by atoms with Gasteiger partial charge in [0.2, 0.25) is 0 Å². The Hall–Kier alpha value is -1.32. The molecule has 2 aromatic rings. The molecule has 0 aliphatic carbocycles. The third-order valence-corrected chi connectivity index (χ3v) is 2.72. The van der Waals surface area contributed by atoms with Gasteiger partial charge in [0.05, 0.1) is 12.4 Å². The van der Waals surface area contributed by atoms with E-state index in [1.807, 2.05) is 35.0 Å². The molecule has 1 atom stereocenters. The van der Waals surface area contributed by atoms with Crippen molar-refractivity contribution in [2.45, 2.75) is 6.04 Å². The molecule has 0 bridgehead atoms. The van der Waals surface area contributed by atoms with Gasteiger partial charge in [-0.05, 0) is 11.6 Å². The molecule has 0 saturated heterocycles. The van der Waals surface area contributed by atoms with Crippen LogP contribution < -0.4 is 5.73 Å². The molecule has 15 heavy (non-hydrogen) atoms. The van der Waals surface area contributed by atoms with E-state index in [1.165, 1.54) is 0 Å². The van der Waals surface area contributed by atoms with Crippen molar-refractivity contribution in [2.24, 2.45) is 5.73 Å². The Labute approximate surface area is 93.5 Å². The molecule has 78 valence electrons. The second-order valence-corrected chi connectivity index (χ2v) is 3.69. The van der Waals surface area contributed by atoms with E-state index in [0.717, 1.165) is 10.6 Å². The highest BCUT2D eigenvalue weighted by atomic mass is 35.5. The molecule has 0 saturated carbocycles. The van der Waals surface area contributed by atoms with Crippen molar-refractivity contribution in [1.29, 1.82) is 0 Å². The van der Waals surface area contributed by atoms with Crippen molar-refractivity contribution in [3.63, 3.8) is 0 Å². The van der Waals surface area contributed by atoms with Crippen LogP contribution in [0.1, 0.15) is 11.6 Å². The molecule has 0 aliphatic heterocycles. The van der Waals surface area contributed by atoms with Crippen molar-refractivity contribution < 1.29 is 0 Å². The molecule has 0 fully saturated rings. The van der Waals surface area contributed by atoms with Crippen LogP contribution in [0.25, 0.3) is 0 Å². The summed E-state index contributed by atoms with van der Waals surface area (Å²) < 4.78 is 1.96. The highest BCUT2D eigenvalue weighted by Gasteiger charge is 2.13. The summed E-state index contributed by atoms with van der Waals surface area (Å²) in [5.74, 6) is 0. The fourth-order valence-electron chi connectivity index (χ4n) is 1.61. The van der Waals surface area contributed by atoms with Crippen molar-refractivity contribution in [1.82, 2.24) is 9.55 Å². The van der Waals surface area contributed by atoms with Gasteiger partial charge >= 0.3 is 0 Å². The number of halogens is 1. The van der Waals surface area contributed by atoms with E-state index in [9.17, 15) is 0 Å². The zero-order chi connectivity index (χ0) is 10.7. The van der Waals surface area contributed by atoms with Gasteiger partial charge in [-0.1, -0.05) is 29.8 Å². The molecule has 3 nitrogen and oxygen atoms in total. The standard InChI is InChI=1S/C11H12ClN3/c12-10-4-2-1-3-9(10)11(7-13)15-6-5-14-8-15/h1-6,8,11H,7,13H2. The summed E-state index contributed by atoms with van der Waals surface area (Å²) in [5, 5.41) is 0.738. The number of hydrogen-bond donors (Lipinski definition) is 1.